The largest absolute Gasteiger partial charge is 0.271 e. The molecular weight excluding hydrogens is 190 g/mol. The van der Waals surface area contributed by atoms with Crippen LogP contribution in [0.1, 0.15) is 11.3 Å². The van der Waals surface area contributed by atoms with Gasteiger partial charge in [-0.05, 0) is 19.5 Å². The molecule has 13 heavy (non-hydrogen) atoms. The molecule has 0 aliphatic heterocycles. The Hall–Kier alpha value is -0.880. The van der Waals surface area contributed by atoms with Crippen LogP contribution >= 0.6 is 0 Å². The van der Waals surface area contributed by atoms with Crippen LogP contribution in [0.2, 0.25) is 0 Å². The Balaban J connectivity index is 2.99. The Morgan fingerprint density at radius 1 is 1.62 bits per heavy atom. The van der Waals surface area contributed by atoms with Gasteiger partial charge in [-0.1, -0.05) is 0 Å². The van der Waals surface area contributed by atoms with Crippen molar-refractivity contribution in [2.24, 2.45) is 7.05 Å². The van der Waals surface area contributed by atoms with Gasteiger partial charge >= 0.3 is 0 Å². The number of sulfonamides is 1. The summed E-state index contributed by atoms with van der Waals surface area (Å²) in [6.45, 7) is 1.84. The molecule has 5 nitrogen and oxygen atoms in total. The normalized spacial score (nSPS) is 11.9. The van der Waals surface area contributed by atoms with Gasteiger partial charge in [-0.2, -0.15) is 5.10 Å². The summed E-state index contributed by atoms with van der Waals surface area (Å²) in [4.78, 5) is 0. The molecule has 74 valence electrons. The third-order valence-electron chi connectivity index (χ3n) is 1.91. The van der Waals surface area contributed by atoms with E-state index < -0.39 is 10.0 Å². The third-order valence-corrected chi connectivity index (χ3v) is 3.18. The highest BCUT2D eigenvalue weighted by molar-refractivity contribution is 7.88. The van der Waals surface area contributed by atoms with E-state index in [1.165, 1.54) is 7.05 Å². The van der Waals surface area contributed by atoms with Crippen molar-refractivity contribution in [3.05, 3.63) is 17.5 Å². The molecular formula is C7H13N3O2S. The van der Waals surface area contributed by atoms with E-state index >= 15 is 0 Å². The SMILES string of the molecule is CNS(=O)(=O)Cc1c(C)cnn1C. The second kappa shape index (κ2) is 3.47. The molecule has 1 N–H and O–H groups in total. The fourth-order valence-corrected chi connectivity index (χ4v) is 1.95. The van der Waals surface area contributed by atoms with E-state index in [1.54, 1.807) is 17.9 Å². The zero-order chi connectivity index (χ0) is 10.1. The summed E-state index contributed by atoms with van der Waals surface area (Å²) in [5, 5.41) is 3.96. The first kappa shape index (κ1) is 10.2. The Kier molecular flexibility index (Phi) is 2.72. The Morgan fingerprint density at radius 3 is 2.62 bits per heavy atom. The minimum absolute atomic E-state index is 0.0220. The number of rotatable bonds is 3. The highest BCUT2D eigenvalue weighted by Crippen LogP contribution is 2.08. The van der Waals surface area contributed by atoms with Gasteiger partial charge in [-0.15, -0.1) is 0 Å². The van der Waals surface area contributed by atoms with Gasteiger partial charge in [0.05, 0.1) is 11.9 Å². The lowest BCUT2D eigenvalue weighted by atomic mass is 10.3. The maximum Gasteiger partial charge on any atom is 0.217 e. The van der Waals surface area contributed by atoms with Crippen LogP contribution in [0.25, 0.3) is 0 Å². The Labute approximate surface area is 77.8 Å². The lowest BCUT2D eigenvalue weighted by molar-refractivity contribution is 0.583. The fraction of sp³-hybridized carbons (Fsp3) is 0.571. The predicted octanol–water partition coefficient (Wildman–Crippen LogP) is -0.222. The van der Waals surface area contributed by atoms with E-state index in [4.69, 9.17) is 0 Å². The number of nitrogens with one attached hydrogen (secondary N) is 1. The molecule has 1 aromatic heterocycles. The minimum atomic E-state index is -3.20. The first-order valence-electron chi connectivity index (χ1n) is 3.85. The molecule has 0 saturated heterocycles. The average Bonchev–Trinajstić information content (AvgIpc) is 2.36. The van der Waals surface area contributed by atoms with E-state index in [0.717, 1.165) is 5.56 Å². The van der Waals surface area contributed by atoms with Gasteiger partial charge in [0.15, 0.2) is 0 Å². The summed E-state index contributed by atoms with van der Waals surface area (Å²) in [7, 11) is -0.0648. The first-order chi connectivity index (χ1) is 5.96. The lowest BCUT2D eigenvalue weighted by Gasteiger charge is -2.03. The second-order valence-electron chi connectivity index (χ2n) is 2.86. The van der Waals surface area contributed by atoms with Crippen LogP contribution in [-0.4, -0.2) is 25.2 Å². The number of hydrogen-bond donors (Lipinski definition) is 1. The van der Waals surface area contributed by atoms with Gasteiger partial charge in [0.1, 0.15) is 5.75 Å². The molecule has 0 aliphatic rings. The topological polar surface area (TPSA) is 64.0 Å². The average molecular weight is 203 g/mol. The van der Waals surface area contributed by atoms with Gasteiger partial charge in [0, 0.05) is 7.05 Å². The van der Waals surface area contributed by atoms with Crippen LogP contribution in [0.4, 0.5) is 0 Å². The molecule has 0 aromatic carbocycles. The van der Waals surface area contributed by atoms with E-state index in [9.17, 15) is 8.42 Å². The smallest absolute Gasteiger partial charge is 0.217 e. The van der Waals surface area contributed by atoms with Gasteiger partial charge in [-0.25, -0.2) is 13.1 Å². The van der Waals surface area contributed by atoms with Gasteiger partial charge in [0.2, 0.25) is 10.0 Å². The summed E-state index contributed by atoms with van der Waals surface area (Å²) < 4.78 is 26.3. The molecule has 1 rings (SSSR count). The second-order valence-corrected chi connectivity index (χ2v) is 4.79. The predicted molar refractivity (Wildman–Crippen MR) is 49.6 cm³/mol. The molecule has 0 fully saturated rings. The molecule has 0 saturated carbocycles. The van der Waals surface area contributed by atoms with Crippen LogP contribution in [0.3, 0.4) is 0 Å². The highest BCUT2D eigenvalue weighted by atomic mass is 32.2. The summed E-state index contributed by atoms with van der Waals surface area (Å²) in [6.07, 6.45) is 1.65. The van der Waals surface area contributed by atoms with Crippen LogP contribution in [-0.2, 0) is 22.8 Å². The maximum atomic E-state index is 11.2. The fourth-order valence-electron chi connectivity index (χ4n) is 1.03. The van der Waals surface area contributed by atoms with E-state index in [0.29, 0.717) is 5.69 Å². The standard InChI is InChI=1S/C7H13N3O2S/c1-6-4-9-10(3)7(6)5-13(11,12)8-2/h4,8H,5H2,1-3H3. The molecule has 0 spiro atoms. The van der Waals surface area contributed by atoms with Crippen LogP contribution in [0, 0.1) is 6.92 Å². The van der Waals surface area contributed by atoms with Crippen LogP contribution in [0.5, 0.6) is 0 Å². The monoisotopic (exact) mass is 203 g/mol. The summed E-state index contributed by atoms with van der Waals surface area (Å²) >= 11 is 0. The molecule has 1 heterocycles. The number of aryl methyl sites for hydroxylation is 2. The summed E-state index contributed by atoms with van der Waals surface area (Å²) in [5.41, 5.74) is 1.61. The minimum Gasteiger partial charge on any atom is -0.271 e. The molecule has 0 unspecified atom stereocenters. The van der Waals surface area contributed by atoms with Gasteiger partial charge in [-0.3, -0.25) is 4.68 Å². The lowest BCUT2D eigenvalue weighted by Crippen LogP contribution is -2.22. The number of nitrogens with zero attached hydrogens (tertiary/aromatic N) is 2. The van der Waals surface area contributed by atoms with Crippen molar-refractivity contribution in [2.75, 3.05) is 7.05 Å². The van der Waals surface area contributed by atoms with Crippen molar-refractivity contribution in [1.29, 1.82) is 0 Å². The van der Waals surface area contributed by atoms with Gasteiger partial charge < -0.3 is 0 Å². The summed E-state index contributed by atoms with van der Waals surface area (Å²) in [5.74, 6) is -0.0220. The van der Waals surface area contributed by atoms with Crippen molar-refractivity contribution in [3.8, 4) is 0 Å². The molecule has 0 amide bonds. The van der Waals surface area contributed by atoms with Crippen molar-refractivity contribution >= 4 is 10.0 Å². The molecule has 0 aliphatic carbocycles. The Morgan fingerprint density at radius 2 is 2.23 bits per heavy atom. The maximum absolute atomic E-state index is 11.2. The molecule has 6 heteroatoms. The van der Waals surface area contributed by atoms with E-state index in [2.05, 4.69) is 9.82 Å². The number of hydrogen-bond acceptors (Lipinski definition) is 3. The molecule has 0 bridgehead atoms. The molecule has 0 atom stereocenters. The van der Waals surface area contributed by atoms with Crippen molar-refractivity contribution in [1.82, 2.24) is 14.5 Å². The highest BCUT2D eigenvalue weighted by Gasteiger charge is 2.13. The van der Waals surface area contributed by atoms with E-state index in [-0.39, 0.29) is 5.75 Å². The first-order valence-corrected chi connectivity index (χ1v) is 5.50. The van der Waals surface area contributed by atoms with Crippen LogP contribution in [0.15, 0.2) is 6.20 Å². The zero-order valence-corrected chi connectivity index (χ0v) is 8.72. The third kappa shape index (κ3) is 2.28. The van der Waals surface area contributed by atoms with E-state index in [1.807, 2.05) is 6.92 Å². The van der Waals surface area contributed by atoms with Crippen molar-refractivity contribution in [2.45, 2.75) is 12.7 Å². The summed E-state index contributed by atoms with van der Waals surface area (Å²) in [6, 6.07) is 0. The number of aromatic nitrogens is 2. The molecule has 0 radical (unpaired) electrons. The quantitative estimate of drug-likeness (QED) is 0.738. The van der Waals surface area contributed by atoms with Gasteiger partial charge in [0.25, 0.3) is 0 Å². The van der Waals surface area contributed by atoms with Crippen molar-refractivity contribution in [3.63, 3.8) is 0 Å². The van der Waals surface area contributed by atoms with Crippen LogP contribution < -0.4 is 4.72 Å². The van der Waals surface area contributed by atoms with Crippen molar-refractivity contribution < 1.29 is 8.42 Å². The Bertz CT molecular complexity index is 374. The zero-order valence-electron chi connectivity index (χ0n) is 7.90. The molecule has 1 aromatic rings.